The van der Waals surface area contributed by atoms with E-state index in [2.05, 4.69) is 4.98 Å². The molecule has 2 rings (SSSR count). The first-order valence-corrected chi connectivity index (χ1v) is 6.22. The van der Waals surface area contributed by atoms with Crippen molar-refractivity contribution in [3.8, 4) is 11.3 Å². The van der Waals surface area contributed by atoms with Crippen LogP contribution in [0.5, 0.6) is 0 Å². The summed E-state index contributed by atoms with van der Waals surface area (Å²) in [5.74, 6) is -1.49. The second-order valence-electron chi connectivity index (χ2n) is 3.77. The molecule has 0 N–H and O–H groups in total. The predicted octanol–water partition coefficient (Wildman–Crippen LogP) is 5.87. The third-order valence-corrected chi connectivity index (χ3v) is 3.65. The fourth-order valence-electron chi connectivity index (χ4n) is 1.56. The lowest BCUT2D eigenvalue weighted by molar-refractivity contribution is -0.140. The van der Waals surface area contributed by atoms with Crippen molar-refractivity contribution in [2.24, 2.45) is 0 Å². The quantitative estimate of drug-likeness (QED) is 0.466. The van der Waals surface area contributed by atoms with Crippen molar-refractivity contribution in [3.63, 3.8) is 0 Å². The van der Waals surface area contributed by atoms with Crippen LogP contribution in [-0.4, -0.2) is 4.98 Å². The largest absolute Gasteiger partial charge is 0.419 e. The summed E-state index contributed by atoms with van der Waals surface area (Å²) < 4.78 is 51.8. The summed E-state index contributed by atoms with van der Waals surface area (Å²) in [4.78, 5) is 3.60. The van der Waals surface area contributed by atoms with Gasteiger partial charge in [0.05, 0.1) is 20.6 Å². The first-order valence-electron chi connectivity index (χ1n) is 5.08. The first-order chi connectivity index (χ1) is 9.21. The van der Waals surface area contributed by atoms with Crippen molar-refractivity contribution in [2.75, 3.05) is 0 Å². The second-order valence-corrected chi connectivity index (χ2v) is 4.97. The molecule has 0 aliphatic heterocycles. The predicted molar refractivity (Wildman–Crippen MR) is 69.7 cm³/mol. The zero-order chi connectivity index (χ0) is 15.1. The van der Waals surface area contributed by atoms with Crippen LogP contribution >= 0.6 is 34.8 Å². The van der Waals surface area contributed by atoms with Gasteiger partial charge >= 0.3 is 6.18 Å². The second kappa shape index (κ2) is 5.39. The normalized spacial score (nSPS) is 11.8. The number of rotatable bonds is 1. The van der Waals surface area contributed by atoms with Crippen LogP contribution in [0.4, 0.5) is 17.6 Å². The minimum Gasteiger partial charge on any atom is -0.253 e. The molecule has 20 heavy (non-hydrogen) atoms. The Balaban J connectivity index is 2.66. The molecule has 0 bridgehead atoms. The summed E-state index contributed by atoms with van der Waals surface area (Å²) in [7, 11) is 0. The minimum absolute atomic E-state index is 0.00669. The van der Waals surface area contributed by atoms with Gasteiger partial charge in [-0.05, 0) is 18.2 Å². The van der Waals surface area contributed by atoms with E-state index in [9.17, 15) is 17.6 Å². The fourth-order valence-corrected chi connectivity index (χ4v) is 2.15. The van der Waals surface area contributed by atoms with Crippen molar-refractivity contribution in [1.29, 1.82) is 0 Å². The van der Waals surface area contributed by atoms with Crippen molar-refractivity contribution in [2.45, 2.75) is 6.18 Å². The number of nitrogens with zero attached hydrogens (tertiary/aromatic N) is 1. The Morgan fingerprint density at radius 1 is 1.00 bits per heavy atom. The Bertz CT molecular complexity index is 647. The van der Waals surface area contributed by atoms with Gasteiger partial charge in [0.2, 0.25) is 0 Å². The van der Waals surface area contributed by atoms with Crippen LogP contribution in [0.15, 0.2) is 24.4 Å². The van der Waals surface area contributed by atoms with E-state index in [4.69, 9.17) is 34.8 Å². The molecule has 0 spiro atoms. The third-order valence-electron chi connectivity index (χ3n) is 2.45. The Morgan fingerprint density at radius 2 is 1.55 bits per heavy atom. The van der Waals surface area contributed by atoms with Crippen molar-refractivity contribution >= 4 is 34.8 Å². The number of aromatic nitrogens is 1. The van der Waals surface area contributed by atoms with Gasteiger partial charge in [-0.3, -0.25) is 4.98 Å². The van der Waals surface area contributed by atoms with Crippen molar-refractivity contribution < 1.29 is 17.6 Å². The van der Waals surface area contributed by atoms with E-state index in [0.29, 0.717) is 6.07 Å². The molecule has 0 aliphatic carbocycles. The van der Waals surface area contributed by atoms with Gasteiger partial charge in [-0.1, -0.05) is 34.8 Å². The van der Waals surface area contributed by atoms with Gasteiger partial charge in [-0.2, -0.15) is 13.2 Å². The fraction of sp³-hybridized carbons (Fsp3) is 0.0833. The number of halogens is 7. The van der Waals surface area contributed by atoms with Crippen LogP contribution in [0, 0.1) is 5.82 Å². The third kappa shape index (κ3) is 2.85. The van der Waals surface area contributed by atoms with Crippen LogP contribution in [0.25, 0.3) is 11.3 Å². The maximum absolute atomic E-state index is 13.9. The number of hydrogen-bond donors (Lipinski definition) is 0. The highest BCUT2D eigenvalue weighted by Gasteiger charge is 2.35. The molecular formula is C12H4Cl3F4N. The van der Waals surface area contributed by atoms with E-state index in [-0.39, 0.29) is 20.6 Å². The smallest absolute Gasteiger partial charge is 0.253 e. The van der Waals surface area contributed by atoms with E-state index < -0.39 is 23.3 Å². The molecule has 1 nitrogen and oxygen atoms in total. The molecular weight excluding hydrogens is 340 g/mol. The maximum Gasteiger partial charge on any atom is 0.419 e. The van der Waals surface area contributed by atoms with Crippen LogP contribution in [0.3, 0.4) is 0 Å². The van der Waals surface area contributed by atoms with Crippen LogP contribution < -0.4 is 0 Å². The summed E-state index contributed by atoms with van der Waals surface area (Å²) in [5, 5.41) is 0.0185. The topological polar surface area (TPSA) is 12.9 Å². The molecule has 106 valence electrons. The lowest BCUT2D eigenvalue weighted by atomic mass is 10.1. The molecule has 1 aromatic carbocycles. The molecule has 0 aliphatic rings. The zero-order valence-electron chi connectivity index (χ0n) is 9.40. The van der Waals surface area contributed by atoms with E-state index in [1.54, 1.807) is 0 Å². The highest BCUT2D eigenvalue weighted by atomic mass is 35.5. The Morgan fingerprint density at radius 3 is 2.05 bits per heavy atom. The number of pyridine rings is 1. The number of alkyl halides is 3. The molecule has 0 fully saturated rings. The summed E-state index contributed by atoms with van der Waals surface area (Å²) >= 11 is 17.2. The number of benzene rings is 1. The van der Waals surface area contributed by atoms with E-state index in [1.807, 2.05) is 0 Å². The summed E-state index contributed by atoms with van der Waals surface area (Å²) in [6, 6.07) is 2.95. The highest BCUT2D eigenvalue weighted by Crippen LogP contribution is 2.38. The van der Waals surface area contributed by atoms with Gasteiger partial charge in [0.25, 0.3) is 0 Å². The molecule has 2 aromatic rings. The Hall–Kier alpha value is -1.04. The average molecular weight is 345 g/mol. The maximum atomic E-state index is 13.9. The molecule has 0 saturated heterocycles. The van der Waals surface area contributed by atoms with Crippen LogP contribution in [0.2, 0.25) is 15.1 Å². The van der Waals surface area contributed by atoms with E-state index in [1.165, 1.54) is 12.1 Å². The van der Waals surface area contributed by atoms with Gasteiger partial charge in [0.15, 0.2) is 5.82 Å². The first kappa shape index (κ1) is 15.4. The lowest BCUT2D eigenvalue weighted by Gasteiger charge is -2.11. The molecule has 0 amide bonds. The monoisotopic (exact) mass is 343 g/mol. The molecule has 0 radical (unpaired) electrons. The Labute approximate surface area is 126 Å². The highest BCUT2D eigenvalue weighted by molar-refractivity contribution is 6.48. The summed E-state index contributed by atoms with van der Waals surface area (Å²) in [6.45, 7) is 0. The Kier molecular flexibility index (Phi) is 4.14. The van der Waals surface area contributed by atoms with Gasteiger partial charge < -0.3 is 0 Å². The molecule has 1 aromatic heterocycles. The van der Waals surface area contributed by atoms with Gasteiger partial charge in [-0.25, -0.2) is 4.39 Å². The van der Waals surface area contributed by atoms with Gasteiger partial charge in [0.1, 0.15) is 5.69 Å². The minimum atomic E-state index is -4.82. The van der Waals surface area contributed by atoms with E-state index >= 15 is 0 Å². The van der Waals surface area contributed by atoms with E-state index in [0.717, 1.165) is 6.20 Å². The van der Waals surface area contributed by atoms with Gasteiger partial charge in [-0.15, -0.1) is 0 Å². The summed E-state index contributed by atoms with van der Waals surface area (Å²) in [5.41, 5.74) is -1.90. The average Bonchev–Trinajstić information content (AvgIpc) is 2.34. The molecule has 0 atom stereocenters. The van der Waals surface area contributed by atoms with Crippen LogP contribution in [0.1, 0.15) is 5.56 Å². The molecule has 0 unspecified atom stereocenters. The molecule has 8 heteroatoms. The zero-order valence-corrected chi connectivity index (χ0v) is 11.7. The summed E-state index contributed by atoms with van der Waals surface area (Å²) in [6.07, 6.45) is -3.96. The lowest BCUT2D eigenvalue weighted by Crippen LogP contribution is -2.09. The standard InChI is InChI=1S/C12H4Cl3F4N/c13-7-3-5(4-8(14)9(7)15)11-10(16)6(1-2-20-11)12(17,18)19/h1-4H. The van der Waals surface area contributed by atoms with Crippen molar-refractivity contribution in [1.82, 2.24) is 4.98 Å². The van der Waals surface area contributed by atoms with Crippen LogP contribution in [-0.2, 0) is 6.18 Å². The molecule has 0 saturated carbocycles. The SMILES string of the molecule is Fc1c(C(F)(F)F)ccnc1-c1cc(Cl)c(Cl)c(Cl)c1. The van der Waals surface area contributed by atoms with Gasteiger partial charge in [0, 0.05) is 11.8 Å². The molecule has 1 heterocycles. The number of hydrogen-bond acceptors (Lipinski definition) is 1. The van der Waals surface area contributed by atoms with Crippen molar-refractivity contribution in [3.05, 3.63) is 50.8 Å².